The van der Waals surface area contributed by atoms with Crippen LogP contribution in [0.2, 0.25) is 0 Å². The third-order valence-electron chi connectivity index (χ3n) is 2.49. The number of rotatable bonds is 6. The van der Waals surface area contributed by atoms with Gasteiger partial charge in [0.15, 0.2) is 0 Å². The van der Waals surface area contributed by atoms with Crippen LogP contribution < -0.4 is 5.32 Å². The summed E-state index contributed by atoms with van der Waals surface area (Å²) in [4.78, 5) is 10.5. The lowest BCUT2D eigenvalue weighted by molar-refractivity contribution is -0.385. The largest absolute Gasteiger partial charge is 0.313 e. The third-order valence-corrected chi connectivity index (χ3v) is 2.49. The van der Waals surface area contributed by atoms with E-state index >= 15 is 0 Å². The predicted molar refractivity (Wildman–Crippen MR) is 74.5 cm³/mol. The first-order chi connectivity index (χ1) is 8.50. The molecule has 0 aliphatic rings. The highest BCUT2D eigenvalue weighted by Gasteiger charge is 2.09. The highest BCUT2D eigenvalue weighted by Crippen LogP contribution is 2.20. The van der Waals surface area contributed by atoms with Crippen molar-refractivity contribution in [1.29, 1.82) is 0 Å². The van der Waals surface area contributed by atoms with E-state index in [-0.39, 0.29) is 10.6 Å². The number of hydrogen-bond donors (Lipinski definition) is 1. The Morgan fingerprint density at radius 2 is 2.11 bits per heavy atom. The summed E-state index contributed by atoms with van der Waals surface area (Å²) in [6.45, 7) is 7.97. The van der Waals surface area contributed by atoms with E-state index in [0.29, 0.717) is 11.5 Å². The molecule has 0 saturated carbocycles. The van der Waals surface area contributed by atoms with Gasteiger partial charge >= 0.3 is 0 Å². The zero-order valence-corrected chi connectivity index (χ0v) is 11.1. The molecular formula is C14H20N2O2. The number of benzene rings is 1. The lowest BCUT2D eigenvalue weighted by atomic mass is 10.1. The van der Waals surface area contributed by atoms with Crippen LogP contribution in [0.25, 0.3) is 6.08 Å². The average molecular weight is 248 g/mol. The summed E-state index contributed by atoms with van der Waals surface area (Å²) >= 11 is 0. The normalized spacial score (nSPS) is 11.9. The first-order valence-electron chi connectivity index (χ1n) is 6.12. The van der Waals surface area contributed by atoms with Gasteiger partial charge in [0.05, 0.1) is 10.5 Å². The summed E-state index contributed by atoms with van der Waals surface area (Å²) < 4.78 is 0. The number of para-hydroxylation sites is 1. The number of hydrogen-bond acceptors (Lipinski definition) is 3. The minimum atomic E-state index is -0.347. The van der Waals surface area contributed by atoms with Crippen LogP contribution in [0.5, 0.6) is 0 Å². The topological polar surface area (TPSA) is 55.2 Å². The highest BCUT2D eigenvalue weighted by molar-refractivity contribution is 5.62. The molecule has 0 heterocycles. The number of nitro groups is 1. The SMILES string of the molecule is CC(=Cc1ccccc1[N+](=O)[O-])CNCC(C)C. The van der Waals surface area contributed by atoms with Crippen LogP contribution in [0.1, 0.15) is 26.3 Å². The molecule has 0 saturated heterocycles. The summed E-state index contributed by atoms with van der Waals surface area (Å²) in [5.41, 5.74) is 1.90. The van der Waals surface area contributed by atoms with Crippen molar-refractivity contribution in [2.75, 3.05) is 13.1 Å². The lowest BCUT2D eigenvalue weighted by Crippen LogP contribution is -2.21. The molecule has 1 N–H and O–H groups in total. The summed E-state index contributed by atoms with van der Waals surface area (Å²) in [6, 6.07) is 6.79. The Labute approximate surface area is 108 Å². The third kappa shape index (κ3) is 4.67. The molecule has 98 valence electrons. The molecule has 0 aliphatic carbocycles. The minimum Gasteiger partial charge on any atom is -0.313 e. The zero-order chi connectivity index (χ0) is 13.5. The van der Waals surface area contributed by atoms with Gasteiger partial charge in [-0.25, -0.2) is 0 Å². The zero-order valence-electron chi connectivity index (χ0n) is 11.1. The monoisotopic (exact) mass is 248 g/mol. The Balaban J connectivity index is 2.73. The molecule has 4 nitrogen and oxygen atoms in total. The minimum absolute atomic E-state index is 0.153. The molecular weight excluding hydrogens is 228 g/mol. The van der Waals surface area contributed by atoms with E-state index in [9.17, 15) is 10.1 Å². The molecule has 1 aromatic rings. The van der Waals surface area contributed by atoms with Gasteiger partial charge < -0.3 is 5.32 Å². The summed E-state index contributed by atoms with van der Waals surface area (Å²) in [6.07, 6.45) is 1.87. The van der Waals surface area contributed by atoms with Crippen molar-refractivity contribution >= 4 is 11.8 Å². The van der Waals surface area contributed by atoms with Gasteiger partial charge in [-0.2, -0.15) is 0 Å². The van der Waals surface area contributed by atoms with Gasteiger partial charge in [-0.05, 0) is 31.5 Å². The second-order valence-corrected chi connectivity index (χ2v) is 4.83. The van der Waals surface area contributed by atoms with Gasteiger partial charge in [-0.15, -0.1) is 0 Å². The molecule has 0 spiro atoms. The Bertz CT molecular complexity index is 439. The first-order valence-corrected chi connectivity index (χ1v) is 6.12. The number of nitro benzene ring substituents is 1. The molecule has 0 atom stereocenters. The summed E-state index contributed by atoms with van der Waals surface area (Å²) in [7, 11) is 0. The van der Waals surface area contributed by atoms with Crippen molar-refractivity contribution in [1.82, 2.24) is 5.32 Å². The summed E-state index contributed by atoms with van der Waals surface area (Å²) in [5, 5.41) is 14.2. The number of nitrogens with one attached hydrogen (secondary N) is 1. The average Bonchev–Trinajstić information content (AvgIpc) is 2.28. The van der Waals surface area contributed by atoms with Gasteiger partial charge in [-0.3, -0.25) is 10.1 Å². The van der Waals surface area contributed by atoms with Crippen LogP contribution >= 0.6 is 0 Å². The fourth-order valence-electron chi connectivity index (χ4n) is 1.65. The van der Waals surface area contributed by atoms with Crippen molar-refractivity contribution in [2.24, 2.45) is 5.92 Å². The molecule has 4 heteroatoms. The van der Waals surface area contributed by atoms with Gasteiger partial charge in [0.25, 0.3) is 5.69 Å². The van der Waals surface area contributed by atoms with Crippen LogP contribution in [-0.2, 0) is 0 Å². The van der Waals surface area contributed by atoms with E-state index in [2.05, 4.69) is 19.2 Å². The van der Waals surface area contributed by atoms with Crippen molar-refractivity contribution in [2.45, 2.75) is 20.8 Å². The van der Waals surface area contributed by atoms with Crippen LogP contribution in [0.15, 0.2) is 29.8 Å². The Morgan fingerprint density at radius 3 is 2.72 bits per heavy atom. The summed E-state index contributed by atoms with van der Waals surface area (Å²) in [5.74, 6) is 0.601. The van der Waals surface area contributed by atoms with Gasteiger partial charge in [0.1, 0.15) is 0 Å². The van der Waals surface area contributed by atoms with Crippen LogP contribution in [0, 0.1) is 16.0 Å². The molecule has 18 heavy (non-hydrogen) atoms. The number of nitrogens with zero attached hydrogens (tertiary/aromatic N) is 1. The predicted octanol–water partition coefficient (Wildman–Crippen LogP) is 3.24. The quantitative estimate of drug-likeness (QED) is 0.621. The maximum atomic E-state index is 10.9. The van der Waals surface area contributed by atoms with E-state index in [4.69, 9.17) is 0 Å². The van der Waals surface area contributed by atoms with E-state index in [1.165, 1.54) is 6.07 Å². The van der Waals surface area contributed by atoms with E-state index in [1.54, 1.807) is 12.1 Å². The Hall–Kier alpha value is -1.68. The molecule has 0 amide bonds. The van der Waals surface area contributed by atoms with Crippen molar-refractivity contribution in [3.05, 3.63) is 45.5 Å². The van der Waals surface area contributed by atoms with Crippen LogP contribution in [-0.4, -0.2) is 18.0 Å². The maximum Gasteiger partial charge on any atom is 0.276 e. The van der Waals surface area contributed by atoms with Crippen molar-refractivity contribution in [3.8, 4) is 0 Å². The molecule has 0 fully saturated rings. The second kappa shape index (κ2) is 6.91. The molecule has 0 bridgehead atoms. The molecule has 1 rings (SSSR count). The molecule has 0 radical (unpaired) electrons. The van der Waals surface area contributed by atoms with Crippen molar-refractivity contribution < 1.29 is 4.92 Å². The van der Waals surface area contributed by atoms with E-state index in [0.717, 1.165) is 18.7 Å². The van der Waals surface area contributed by atoms with Crippen LogP contribution in [0.3, 0.4) is 0 Å². The highest BCUT2D eigenvalue weighted by atomic mass is 16.6. The van der Waals surface area contributed by atoms with Crippen LogP contribution in [0.4, 0.5) is 5.69 Å². The van der Waals surface area contributed by atoms with Crippen molar-refractivity contribution in [3.63, 3.8) is 0 Å². The van der Waals surface area contributed by atoms with E-state index in [1.807, 2.05) is 19.1 Å². The molecule has 1 aromatic carbocycles. The van der Waals surface area contributed by atoms with Gasteiger partial charge in [-0.1, -0.05) is 31.6 Å². The maximum absolute atomic E-state index is 10.9. The smallest absolute Gasteiger partial charge is 0.276 e. The fraction of sp³-hybridized carbons (Fsp3) is 0.429. The standard InChI is InChI=1S/C14H20N2O2/c1-11(2)9-15-10-12(3)8-13-6-4-5-7-14(13)16(17)18/h4-8,11,15H,9-10H2,1-3H3. The Morgan fingerprint density at radius 1 is 1.44 bits per heavy atom. The first kappa shape index (κ1) is 14.4. The van der Waals surface area contributed by atoms with Gasteiger partial charge in [0, 0.05) is 12.6 Å². The second-order valence-electron chi connectivity index (χ2n) is 4.83. The lowest BCUT2D eigenvalue weighted by Gasteiger charge is -2.07. The van der Waals surface area contributed by atoms with Gasteiger partial charge in [0.2, 0.25) is 0 Å². The Kier molecular flexibility index (Phi) is 5.52. The molecule has 0 aliphatic heterocycles. The van der Waals surface area contributed by atoms with E-state index < -0.39 is 0 Å². The molecule has 0 aromatic heterocycles. The molecule has 0 unspecified atom stereocenters. The fourth-order valence-corrected chi connectivity index (χ4v) is 1.65.